The number of aromatic nitrogens is 3. The van der Waals surface area contributed by atoms with E-state index < -0.39 is 0 Å². The summed E-state index contributed by atoms with van der Waals surface area (Å²) in [6.07, 6.45) is 1.74. The van der Waals surface area contributed by atoms with Gasteiger partial charge in [0.25, 0.3) is 0 Å². The van der Waals surface area contributed by atoms with E-state index in [9.17, 15) is 0 Å². The van der Waals surface area contributed by atoms with E-state index in [1.54, 1.807) is 18.3 Å². The zero-order valence-corrected chi connectivity index (χ0v) is 12.3. The number of hydrogen-bond acceptors (Lipinski definition) is 3. The Morgan fingerprint density at radius 2 is 1.95 bits per heavy atom. The zero-order chi connectivity index (χ0) is 14.3. The average molecular weight is 307 g/mol. The lowest BCUT2D eigenvalue weighted by molar-refractivity contribution is 0.787. The van der Waals surface area contributed by atoms with Gasteiger partial charge in [0.2, 0.25) is 0 Å². The van der Waals surface area contributed by atoms with Crippen LogP contribution in [-0.2, 0) is 6.54 Å². The van der Waals surface area contributed by atoms with Gasteiger partial charge in [0.1, 0.15) is 11.3 Å². The summed E-state index contributed by atoms with van der Waals surface area (Å²) in [4.78, 5) is 8.96. The highest BCUT2D eigenvalue weighted by molar-refractivity contribution is 6.37. The van der Waals surface area contributed by atoms with Gasteiger partial charge in [-0.15, -0.1) is 0 Å². The minimum Gasteiger partial charge on any atom is -0.397 e. The van der Waals surface area contributed by atoms with Crippen molar-refractivity contribution < 1.29 is 0 Å². The standard InChI is InChI=1S/C14H12Cl2N4/c1-2-20-13-10(4-3-7-18-13)19-14(20)11-8(15)5-6-9(16)12(11)17/h3-7H,2,17H2,1H3. The van der Waals surface area contributed by atoms with Crippen LogP contribution >= 0.6 is 23.2 Å². The largest absolute Gasteiger partial charge is 0.397 e. The van der Waals surface area contributed by atoms with Crippen molar-refractivity contribution in [2.75, 3.05) is 5.73 Å². The van der Waals surface area contributed by atoms with Gasteiger partial charge in [-0.25, -0.2) is 9.97 Å². The molecule has 2 heterocycles. The van der Waals surface area contributed by atoms with Crippen molar-refractivity contribution >= 4 is 40.1 Å². The van der Waals surface area contributed by atoms with Crippen molar-refractivity contribution in [1.82, 2.24) is 14.5 Å². The molecule has 0 saturated heterocycles. The lowest BCUT2D eigenvalue weighted by Gasteiger charge is -2.11. The maximum absolute atomic E-state index is 6.28. The number of nitrogens with two attached hydrogens (primary N) is 1. The SMILES string of the molecule is CCn1c(-c2c(Cl)ccc(Cl)c2N)nc2cccnc21. The maximum Gasteiger partial charge on any atom is 0.160 e. The minimum atomic E-state index is 0.434. The number of anilines is 1. The Morgan fingerprint density at radius 3 is 2.70 bits per heavy atom. The Bertz CT molecular complexity index is 795. The number of rotatable bonds is 2. The average Bonchev–Trinajstić information content (AvgIpc) is 2.81. The van der Waals surface area contributed by atoms with Gasteiger partial charge in [0.15, 0.2) is 5.65 Å². The van der Waals surface area contributed by atoms with Crippen LogP contribution in [0.5, 0.6) is 0 Å². The van der Waals surface area contributed by atoms with E-state index >= 15 is 0 Å². The van der Waals surface area contributed by atoms with E-state index in [-0.39, 0.29) is 0 Å². The number of benzene rings is 1. The number of nitrogens with zero attached hydrogens (tertiary/aromatic N) is 3. The predicted molar refractivity (Wildman–Crippen MR) is 83.1 cm³/mol. The summed E-state index contributed by atoms with van der Waals surface area (Å²) in [5.41, 5.74) is 8.77. The normalized spacial score (nSPS) is 11.2. The predicted octanol–water partition coefficient (Wildman–Crippen LogP) is 4.01. The van der Waals surface area contributed by atoms with Gasteiger partial charge in [-0.3, -0.25) is 0 Å². The van der Waals surface area contributed by atoms with Crippen molar-refractivity contribution in [3.05, 3.63) is 40.5 Å². The molecule has 0 amide bonds. The van der Waals surface area contributed by atoms with Crippen LogP contribution < -0.4 is 5.73 Å². The lowest BCUT2D eigenvalue weighted by atomic mass is 10.1. The topological polar surface area (TPSA) is 56.7 Å². The number of halogens is 2. The van der Waals surface area contributed by atoms with Crippen LogP contribution in [0, 0.1) is 0 Å². The molecule has 0 atom stereocenters. The Balaban J connectivity index is 2.38. The molecule has 0 aliphatic carbocycles. The first kappa shape index (κ1) is 13.2. The summed E-state index contributed by atoms with van der Waals surface area (Å²) in [6, 6.07) is 7.16. The molecular formula is C14H12Cl2N4. The number of imidazole rings is 1. The molecule has 3 rings (SSSR count). The molecule has 0 aliphatic heterocycles. The molecule has 0 saturated carbocycles. The van der Waals surface area contributed by atoms with E-state index in [1.165, 1.54) is 0 Å². The van der Waals surface area contributed by atoms with Crippen LogP contribution in [0.1, 0.15) is 6.92 Å². The van der Waals surface area contributed by atoms with E-state index in [2.05, 4.69) is 9.97 Å². The summed E-state index contributed by atoms with van der Waals surface area (Å²) in [6.45, 7) is 2.74. The van der Waals surface area contributed by atoms with Crippen molar-refractivity contribution in [3.8, 4) is 11.4 Å². The molecule has 102 valence electrons. The molecule has 2 N–H and O–H groups in total. The second-order valence-electron chi connectivity index (χ2n) is 4.34. The Morgan fingerprint density at radius 1 is 1.20 bits per heavy atom. The fourth-order valence-corrected chi connectivity index (χ4v) is 2.65. The van der Waals surface area contributed by atoms with E-state index in [0.717, 1.165) is 11.2 Å². The molecule has 0 aliphatic rings. The molecule has 6 heteroatoms. The molecule has 3 aromatic rings. The second-order valence-corrected chi connectivity index (χ2v) is 5.16. The molecule has 4 nitrogen and oxygen atoms in total. The highest BCUT2D eigenvalue weighted by Crippen LogP contribution is 2.38. The third-order valence-corrected chi connectivity index (χ3v) is 3.83. The van der Waals surface area contributed by atoms with Gasteiger partial charge >= 0.3 is 0 Å². The summed E-state index contributed by atoms with van der Waals surface area (Å²) in [5.74, 6) is 0.686. The number of hydrogen-bond donors (Lipinski definition) is 1. The molecule has 0 unspecified atom stereocenters. The molecular weight excluding hydrogens is 295 g/mol. The van der Waals surface area contributed by atoms with Gasteiger partial charge in [-0.2, -0.15) is 0 Å². The summed E-state index contributed by atoms with van der Waals surface area (Å²) in [5, 5.41) is 0.990. The molecule has 20 heavy (non-hydrogen) atoms. The summed E-state index contributed by atoms with van der Waals surface area (Å²) >= 11 is 12.4. The smallest absolute Gasteiger partial charge is 0.160 e. The van der Waals surface area contributed by atoms with Crippen molar-refractivity contribution in [2.24, 2.45) is 0 Å². The van der Waals surface area contributed by atoms with Crippen LogP contribution in [0.3, 0.4) is 0 Å². The van der Waals surface area contributed by atoms with Gasteiger partial charge < -0.3 is 10.3 Å². The first-order valence-electron chi connectivity index (χ1n) is 6.18. The highest BCUT2D eigenvalue weighted by atomic mass is 35.5. The maximum atomic E-state index is 6.28. The molecule has 0 spiro atoms. The minimum absolute atomic E-state index is 0.434. The van der Waals surface area contributed by atoms with Gasteiger partial charge in [-0.05, 0) is 31.2 Å². The van der Waals surface area contributed by atoms with Crippen molar-refractivity contribution in [1.29, 1.82) is 0 Å². The van der Waals surface area contributed by atoms with Crippen molar-refractivity contribution in [2.45, 2.75) is 13.5 Å². The monoisotopic (exact) mass is 306 g/mol. The molecule has 0 radical (unpaired) electrons. The van der Waals surface area contributed by atoms with Crippen molar-refractivity contribution in [3.63, 3.8) is 0 Å². The zero-order valence-electron chi connectivity index (χ0n) is 10.8. The Labute approximate surface area is 126 Å². The van der Waals surface area contributed by atoms with Crippen LogP contribution in [0.15, 0.2) is 30.5 Å². The Hall–Kier alpha value is -1.78. The van der Waals surface area contributed by atoms with Crippen LogP contribution in [-0.4, -0.2) is 14.5 Å². The van der Waals surface area contributed by atoms with Crippen LogP contribution in [0.2, 0.25) is 10.0 Å². The molecule has 2 aromatic heterocycles. The lowest BCUT2D eigenvalue weighted by Crippen LogP contribution is -2.02. The van der Waals surface area contributed by atoms with E-state index in [4.69, 9.17) is 28.9 Å². The second kappa shape index (κ2) is 4.96. The third-order valence-electron chi connectivity index (χ3n) is 3.19. The Kier molecular flexibility index (Phi) is 3.28. The number of fused-ring (bicyclic) bond motifs is 1. The highest BCUT2D eigenvalue weighted by Gasteiger charge is 2.18. The fraction of sp³-hybridized carbons (Fsp3) is 0.143. The van der Waals surface area contributed by atoms with Crippen LogP contribution in [0.4, 0.5) is 5.69 Å². The van der Waals surface area contributed by atoms with E-state index in [0.29, 0.717) is 33.7 Å². The van der Waals surface area contributed by atoms with Gasteiger partial charge in [0.05, 0.1) is 21.3 Å². The quantitative estimate of drug-likeness (QED) is 0.728. The molecule has 0 bridgehead atoms. The number of nitrogen functional groups attached to an aromatic ring is 1. The summed E-state index contributed by atoms with van der Waals surface area (Å²) < 4.78 is 1.98. The van der Waals surface area contributed by atoms with E-state index in [1.807, 2.05) is 23.6 Å². The first-order valence-corrected chi connectivity index (χ1v) is 6.94. The van der Waals surface area contributed by atoms with Gasteiger partial charge in [0, 0.05) is 12.7 Å². The molecule has 0 fully saturated rings. The summed E-state index contributed by atoms with van der Waals surface area (Å²) in [7, 11) is 0. The number of pyridine rings is 1. The third kappa shape index (κ3) is 1.92. The van der Waals surface area contributed by atoms with Crippen LogP contribution in [0.25, 0.3) is 22.6 Å². The number of aryl methyl sites for hydroxylation is 1. The van der Waals surface area contributed by atoms with Gasteiger partial charge in [-0.1, -0.05) is 23.2 Å². The first-order chi connectivity index (χ1) is 9.63. The molecule has 1 aromatic carbocycles. The fourth-order valence-electron chi connectivity index (χ4n) is 2.24.